The van der Waals surface area contributed by atoms with Crippen LogP contribution in [0, 0.1) is 0 Å². The highest BCUT2D eigenvalue weighted by Crippen LogP contribution is 2.42. The first-order valence-electron chi connectivity index (χ1n) is 17.3. The fraction of sp³-hybridized carbons (Fsp3) is 0. The molecular weight excluding hydrogens is 623 g/mol. The maximum absolute atomic E-state index is 5.42. The zero-order valence-electron chi connectivity index (χ0n) is 27.5. The summed E-state index contributed by atoms with van der Waals surface area (Å²) in [6, 6.07) is 60.1. The Labute approximate surface area is 292 Å². The first-order chi connectivity index (χ1) is 25.3. The molecule has 0 radical (unpaired) electrons. The Morgan fingerprint density at radius 3 is 1.78 bits per heavy atom. The molecule has 5 heteroatoms. The van der Waals surface area contributed by atoms with Crippen LogP contribution in [0.3, 0.4) is 0 Å². The number of hydrogen-bond donors (Lipinski definition) is 0. The normalized spacial score (nSPS) is 11.9. The molecule has 0 aliphatic heterocycles. The van der Waals surface area contributed by atoms with Gasteiger partial charge in [0.25, 0.3) is 0 Å². The minimum atomic E-state index is 0.652. The van der Waals surface area contributed by atoms with Crippen molar-refractivity contribution in [3.05, 3.63) is 176 Å². The van der Waals surface area contributed by atoms with Crippen LogP contribution < -0.4 is 0 Å². The van der Waals surface area contributed by atoms with Gasteiger partial charge in [0.15, 0.2) is 0 Å². The molecule has 51 heavy (non-hydrogen) atoms. The number of nitrogens with zero attached hydrogens (tertiary/aromatic N) is 5. The van der Waals surface area contributed by atoms with Crippen LogP contribution in [0.25, 0.3) is 94.0 Å². The van der Waals surface area contributed by atoms with Gasteiger partial charge in [-0.1, -0.05) is 109 Å². The third-order valence-electron chi connectivity index (χ3n) is 10.3. The van der Waals surface area contributed by atoms with Gasteiger partial charge >= 0.3 is 0 Å². The fourth-order valence-corrected chi connectivity index (χ4v) is 8.04. The average molecular weight is 652 g/mol. The van der Waals surface area contributed by atoms with Gasteiger partial charge in [-0.05, 0) is 60.7 Å². The van der Waals surface area contributed by atoms with Gasteiger partial charge in [-0.25, -0.2) is 9.97 Å². The zero-order chi connectivity index (χ0) is 33.5. The van der Waals surface area contributed by atoms with Crippen molar-refractivity contribution in [2.75, 3.05) is 0 Å². The van der Waals surface area contributed by atoms with Gasteiger partial charge in [-0.2, -0.15) is 0 Å². The molecule has 0 aliphatic carbocycles. The first-order valence-corrected chi connectivity index (χ1v) is 17.3. The maximum Gasteiger partial charge on any atom is 0.235 e. The fourth-order valence-electron chi connectivity index (χ4n) is 8.04. The van der Waals surface area contributed by atoms with E-state index in [-0.39, 0.29) is 0 Å². The molecule has 0 saturated carbocycles. The van der Waals surface area contributed by atoms with Gasteiger partial charge in [0.05, 0.1) is 38.8 Å². The van der Waals surface area contributed by atoms with Crippen LogP contribution in [-0.4, -0.2) is 23.7 Å². The summed E-state index contributed by atoms with van der Waals surface area (Å²) in [6.07, 6.45) is 2.17. The molecule has 0 unspecified atom stereocenters. The lowest BCUT2D eigenvalue weighted by Crippen LogP contribution is -2.03. The van der Waals surface area contributed by atoms with E-state index in [1.165, 1.54) is 21.8 Å². The number of hydrogen-bond acceptors (Lipinski definition) is 2. The summed E-state index contributed by atoms with van der Waals surface area (Å²) in [6.45, 7) is 0. The molecular formula is C46H29N5. The molecule has 238 valence electrons. The minimum absolute atomic E-state index is 0.652. The first kappa shape index (κ1) is 27.9. The van der Waals surface area contributed by atoms with Gasteiger partial charge < -0.3 is 9.13 Å². The minimum Gasteiger partial charge on any atom is -0.316 e. The van der Waals surface area contributed by atoms with Crippen molar-refractivity contribution in [3.63, 3.8) is 0 Å². The van der Waals surface area contributed by atoms with Crippen LogP contribution in [0.2, 0.25) is 0 Å². The molecule has 0 bridgehead atoms. The molecule has 0 spiro atoms. The van der Waals surface area contributed by atoms with E-state index in [0.717, 1.165) is 66.2 Å². The van der Waals surface area contributed by atoms with Crippen molar-refractivity contribution in [2.45, 2.75) is 0 Å². The lowest BCUT2D eigenvalue weighted by Gasteiger charge is -2.12. The second-order valence-corrected chi connectivity index (χ2v) is 13.1. The van der Waals surface area contributed by atoms with Crippen LogP contribution in [-0.2, 0) is 0 Å². The topological polar surface area (TPSA) is 40.6 Å². The SMILES string of the molecule is c1ccc(-c2nc(-n3c4cc5c6ccccc6n(-c6ccccc6)c5cc4c4ccc5c(ccn5-c5ccccc5)c43)nc3ccccc23)cc1. The van der Waals surface area contributed by atoms with Crippen molar-refractivity contribution >= 4 is 65.4 Å². The monoisotopic (exact) mass is 651 g/mol. The summed E-state index contributed by atoms with van der Waals surface area (Å²) >= 11 is 0. The maximum atomic E-state index is 5.42. The second-order valence-electron chi connectivity index (χ2n) is 13.1. The van der Waals surface area contributed by atoms with Crippen LogP contribution in [0.4, 0.5) is 0 Å². The highest BCUT2D eigenvalue weighted by Gasteiger charge is 2.23. The van der Waals surface area contributed by atoms with Gasteiger partial charge in [0, 0.05) is 55.5 Å². The van der Waals surface area contributed by atoms with Crippen LogP contribution in [0.1, 0.15) is 0 Å². The number of para-hydroxylation sites is 4. The van der Waals surface area contributed by atoms with Crippen molar-refractivity contribution in [2.24, 2.45) is 0 Å². The number of aromatic nitrogens is 5. The summed E-state index contributed by atoms with van der Waals surface area (Å²) in [4.78, 5) is 10.7. The summed E-state index contributed by atoms with van der Waals surface area (Å²) in [5, 5.41) is 6.89. The van der Waals surface area contributed by atoms with E-state index in [4.69, 9.17) is 9.97 Å². The molecule has 0 N–H and O–H groups in total. The average Bonchev–Trinajstić information content (AvgIpc) is 3.87. The van der Waals surface area contributed by atoms with Crippen LogP contribution in [0.15, 0.2) is 176 Å². The molecule has 0 amide bonds. The van der Waals surface area contributed by atoms with Crippen molar-refractivity contribution in [1.82, 2.24) is 23.7 Å². The predicted molar refractivity (Wildman–Crippen MR) is 210 cm³/mol. The van der Waals surface area contributed by atoms with Crippen LogP contribution in [0.5, 0.6) is 0 Å². The third-order valence-corrected chi connectivity index (χ3v) is 10.3. The molecule has 0 atom stereocenters. The number of fused-ring (bicyclic) bond motifs is 9. The lowest BCUT2D eigenvalue weighted by atomic mass is 10.1. The third kappa shape index (κ3) is 4.09. The van der Waals surface area contributed by atoms with Crippen molar-refractivity contribution in [1.29, 1.82) is 0 Å². The zero-order valence-corrected chi connectivity index (χ0v) is 27.5. The second kappa shape index (κ2) is 10.8. The quantitative estimate of drug-likeness (QED) is 0.190. The lowest BCUT2D eigenvalue weighted by molar-refractivity contribution is 1.02. The van der Waals surface area contributed by atoms with E-state index >= 15 is 0 Å². The Balaban J connectivity index is 1.32. The molecule has 4 aromatic heterocycles. The van der Waals surface area contributed by atoms with E-state index in [1.54, 1.807) is 0 Å². The molecule has 0 fully saturated rings. The Hall–Kier alpha value is -6.98. The Morgan fingerprint density at radius 1 is 0.373 bits per heavy atom. The highest BCUT2D eigenvalue weighted by atomic mass is 15.2. The Kier molecular flexibility index (Phi) is 5.89. The van der Waals surface area contributed by atoms with Crippen molar-refractivity contribution < 1.29 is 0 Å². The summed E-state index contributed by atoms with van der Waals surface area (Å²) < 4.78 is 6.95. The summed E-state index contributed by atoms with van der Waals surface area (Å²) in [7, 11) is 0. The Morgan fingerprint density at radius 2 is 1.00 bits per heavy atom. The summed E-state index contributed by atoms with van der Waals surface area (Å²) in [5.41, 5.74) is 10.8. The van der Waals surface area contributed by atoms with Gasteiger partial charge in [0.2, 0.25) is 5.95 Å². The van der Waals surface area contributed by atoms with Gasteiger partial charge in [0.1, 0.15) is 0 Å². The summed E-state index contributed by atoms with van der Waals surface area (Å²) in [5.74, 6) is 0.652. The molecule has 7 aromatic carbocycles. The smallest absolute Gasteiger partial charge is 0.235 e. The van der Waals surface area contributed by atoms with E-state index in [0.29, 0.717) is 5.95 Å². The van der Waals surface area contributed by atoms with E-state index in [9.17, 15) is 0 Å². The molecule has 11 aromatic rings. The predicted octanol–water partition coefficient (Wildman–Crippen LogP) is 11.4. The van der Waals surface area contributed by atoms with Gasteiger partial charge in [-0.15, -0.1) is 0 Å². The standard InChI is InChI=1S/C46H29N5/c1-4-14-30(15-5-1)44-35-21-10-12-22-39(35)47-46(48-44)51-43-28-37-33-20-11-13-23-41(33)50(32-18-8-3-9-19-32)42(37)29-38(43)34-24-25-40-36(45(34)51)26-27-49(40)31-16-6-2-7-17-31/h1-29H. The molecule has 0 aliphatic rings. The molecule has 4 heterocycles. The Bertz CT molecular complexity index is 3120. The number of benzene rings is 7. The van der Waals surface area contributed by atoms with Crippen LogP contribution >= 0.6 is 0 Å². The number of rotatable bonds is 4. The largest absolute Gasteiger partial charge is 0.316 e. The highest BCUT2D eigenvalue weighted by molar-refractivity contribution is 6.23. The van der Waals surface area contributed by atoms with E-state index in [1.807, 2.05) is 6.07 Å². The van der Waals surface area contributed by atoms with E-state index in [2.05, 4.69) is 184 Å². The van der Waals surface area contributed by atoms with E-state index < -0.39 is 0 Å². The molecule has 0 saturated heterocycles. The molecule has 11 rings (SSSR count). The van der Waals surface area contributed by atoms with Gasteiger partial charge in [-0.3, -0.25) is 4.57 Å². The molecule has 5 nitrogen and oxygen atoms in total. The van der Waals surface area contributed by atoms with Crippen molar-refractivity contribution in [3.8, 4) is 28.6 Å².